The van der Waals surface area contributed by atoms with E-state index < -0.39 is 0 Å². The molecule has 0 bridgehead atoms. The number of piperazine rings is 1. The zero-order valence-corrected chi connectivity index (χ0v) is 15.4. The molecule has 0 aliphatic carbocycles. The maximum Gasteiger partial charge on any atom is 0.317 e. The van der Waals surface area contributed by atoms with Gasteiger partial charge in [-0.1, -0.05) is 17.7 Å². The van der Waals surface area contributed by atoms with E-state index in [0.717, 1.165) is 32.7 Å². The molecular formula is C19H30N4O2. The lowest BCUT2D eigenvalue weighted by Gasteiger charge is -2.40. The molecule has 0 unspecified atom stereocenters. The van der Waals surface area contributed by atoms with Gasteiger partial charge in [0.15, 0.2) is 0 Å². The van der Waals surface area contributed by atoms with E-state index in [1.165, 1.54) is 11.3 Å². The average molecular weight is 346 g/mol. The monoisotopic (exact) mass is 346 g/mol. The summed E-state index contributed by atoms with van der Waals surface area (Å²) in [6.07, 6.45) is 0.113. The fourth-order valence-corrected chi connectivity index (χ4v) is 3.51. The largest absolute Gasteiger partial charge is 0.373 e. The fourth-order valence-electron chi connectivity index (χ4n) is 3.51. The van der Waals surface area contributed by atoms with Crippen LogP contribution < -0.4 is 10.2 Å². The van der Waals surface area contributed by atoms with E-state index in [1.54, 1.807) is 0 Å². The number of carbonyl (C=O) groups is 1. The Balaban J connectivity index is 1.45. The topological polar surface area (TPSA) is 48.1 Å². The molecule has 25 heavy (non-hydrogen) atoms. The van der Waals surface area contributed by atoms with Crippen molar-refractivity contribution in [3.05, 3.63) is 29.8 Å². The Morgan fingerprint density at radius 1 is 1.16 bits per heavy atom. The van der Waals surface area contributed by atoms with E-state index in [-0.39, 0.29) is 12.1 Å². The van der Waals surface area contributed by atoms with Crippen molar-refractivity contribution in [3.63, 3.8) is 0 Å². The van der Waals surface area contributed by atoms with Gasteiger partial charge in [0.05, 0.1) is 12.7 Å². The van der Waals surface area contributed by atoms with E-state index in [0.29, 0.717) is 26.2 Å². The number of ether oxygens (including phenoxy) is 1. The summed E-state index contributed by atoms with van der Waals surface area (Å²) >= 11 is 0. The number of hydrogen-bond donors (Lipinski definition) is 1. The van der Waals surface area contributed by atoms with Crippen molar-refractivity contribution in [1.29, 1.82) is 0 Å². The molecule has 0 spiro atoms. The van der Waals surface area contributed by atoms with Crippen LogP contribution in [-0.4, -0.2) is 80.9 Å². The van der Waals surface area contributed by atoms with Crippen LogP contribution >= 0.6 is 0 Å². The lowest BCUT2D eigenvalue weighted by molar-refractivity contribution is -0.0310. The molecule has 0 saturated carbocycles. The number of amides is 2. The van der Waals surface area contributed by atoms with Crippen LogP contribution in [0, 0.1) is 6.92 Å². The molecule has 138 valence electrons. The predicted octanol–water partition coefficient (Wildman–Crippen LogP) is 1.55. The second kappa shape index (κ2) is 8.54. The van der Waals surface area contributed by atoms with E-state index >= 15 is 0 Å². The van der Waals surface area contributed by atoms with Crippen molar-refractivity contribution >= 4 is 11.7 Å². The van der Waals surface area contributed by atoms with E-state index in [4.69, 9.17) is 4.74 Å². The summed E-state index contributed by atoms with van der Waals surface area (Å²) in [5.74, 6) is 0. The van der Waals surface area contributed by atoms with Gasteiger partial charge in [0.25, 0.3) is 0 Å². The third kappa shape index (κ3) is 4.86. The number of urea groups is 1. The highest BCUT2D eigenvalue weighted by atomic mass is 16.5. The highest BCUT2D eigenvalue weighted by Crippen LogP contribution is 2.17. The SMILES string of the molecule is CCNC(=O)N1CCO[C@H](CN2CCN(c3ccc(C)cc3)CC2)C1. The summed E-state index contributed by atoms with van der Waals surface area (Å²) in [6, 6.07) is 8.79. The maximum atomic E-state index is 12.0. The molecule has 0 radical (unpaired) electrons. The van der Waals surface area contributed by atoms with Crippen LogP contribution in [0.25, 0.3) is 0 Å². The highest BCUT2D eigenvalue weighted by molar-refractivity contribution is 5.74. The van der Waals surface area contributed by atoms with Gasteiger partial charge in [0.1, 0.15) is 0 Å². The van der Waals surface area contributed by atoms with Gasteiger partial charge in [-0.05, 0) is 26.0 Å². The Hall–Kier alpha value is -1.79. The van der Waals surface area contributed by atoms with Crippen molar-refractivity contribution in [2.45, 2.75) is 20.0 Å². The second-order valence-corrected chi connectivity index (χ2v) is 6.90. The summed E-state index contributed by atoms with van der Waals surface area (Å²) in [5.41, 5.74) is 2.61. The summed E-state index contributed by atoms with van der Waals surface area (Å²) in [7, 11) is 0. The molecule has 2 aliphatic rings. The van der Waals surface area contributed by atoms with Gasteiger partial charge in [-0.25, -0.2) is 4.79 Å². The number of benzene rings is 1. The molecule has 6 heteroatoms. The lowest BCUT2D eigenvalue weighted by Crippen LogP contribution is -2.54. The zero-order chi connectivity index (χ0) is 17.6. The number of nitrogens with one attached hydrogen (secondary N) is 1. The van der Waals surface area contributed by atoms with E-state index in [2.05, 4.69) is 46.3 Å². The quantitative estimate of drug-likeness (QED) is 0.899. The highest BCUT2D eigenvalue weighted by Gasteiger charge is 2.27. The third-order valence-corrected chi connectivity index (χ3v) is 4.99. The molecule has 3 rings (SSSR count). The standard InChI is InChI=1S/C19H30N4O2/c1-3-20-19(24)23-12-13-25-18(15-23)14-21-8-10-22(11-9-21)17-6-4-16(2)5-7-17/h4-7,18H,3,8-15H2,1-2H3,(H,20,24)/t18-/m1/s1. The Morgan fingerprint density at radius 2 is 1.88 bits per heavy atom. The molecule has 2 heterocycles. The minimum atomic E-state index is 0.0278. The van der Waals surface area contributed by atoms with Crippen molar-refractivity contribution in [2.24, 2.45) is 0 Å². The van der Waals surface area contributed by atoms with Crippen LogP contribution in [-0.2, 0) is 4.74 Å². The first-order valence-corrected chi connectivity index (χ1v) is 9.34. The van der Waals surface area contributed by atoms with Crippen LogP contribution in [0.4, 0.5) is 10.5 Å². The molecule has 2 amide bonds. The Labute approximate surface area is 150 Å². The zero-order valence-electron chi connectivity index (χ0n) is 15.4. The molecule has 1 N–H and O–H groups in total. The summed E-state index contributed by atoms with van der Waals surface area (Å²) in [6.45, 7) is 11.8. The normalized spacial score (nSPS) is 22.1. The van der Waals surface area contributed by atoms with Crippen LogP contribution in [0.1, 0.15) is 12.5 Å². The maximum absolute atomic E-state index is 12.0. The lowest BCUT2D eigenvalue weighted by atomic mass is 10.2. The summed E-state index contributed by atoms with van der Waals surface area (Å²) in [4.78, 5) is 18.8. The molecule has 1 atom stereocenters. The van der Waals surface area contributed by atoms with Crippen LogP contribution in [0.5, 0.6) is 0 Å². The molecule has 6 nitrogen and oxygen atoms in total. The van der Waals surface area contributed by atoms with Crippen LogP contribution in [0.2, 0.25) is 0 Å². The van der Waals surface area contributed by atoms with Crippen LogP contribution in [0.15, 0.2) is 24.3 Å². The number of anilines is 1. The minimum Gasteiger partial charge on any atom is -0.373 e. The van der Waals surface area contributed by atoms with Gasteiger partial charge in [0, 0.05) is 58.0 Å². The van der Waals surface area contributed by atoms with Crippen molar-refractivity contribution < 1.29 is 9.53 Å². The Morgan fingerprint density at radius 3 is 2.56 bits per heavy atom. The average Bonchev–Trinajstić information content (AvgIpc) is 2.64. The molecule has 0 aromatic heterocycles. The number of rotatable bonds is 4. The number of carbonyl (C=O) groups excluding carboxylic acids is 1. The van der Waals surface area contributed by atoms with Crippen molar-refractivity contribution in [3.8, 4) is 0 Å². The van der Waals surface area contributed by atoms with Crippen molar-refractivity contribution in [2.75, 3.05) is 63.9 Å². The van der Waals surface area contributed by atoms with Crippen molar-refractivity contribution in [1.82, 2.24) is 15.1 Å². The molecular weight excluding hydrogens is 316 g/mol. The minimum absolute atomic E-state index is 0.0278. The smallest absolute Gasteiger partial charge is 0.317 e. The predicted molar refractivity (Wildman–Crippen MR) is 100 cm³/mol. The molecule has 2 fully saturated rings. The number of hydrogen-bond acceptors (Lipinski definition) is 4. The van der Waals surface area contributed by atoms with Gasteiger partial charge in [-0.3, -0.25) is 4.90 Å². The molecule has 1 aromatic carbocycles. The molecule has 2 saturated heterocycles. The molecule has 1 aromatic rings. The first-order valence-electron chi connectivity index (χ1n) is 9.34. The number of morpholine rings is 1. The van der Waals surface area contributed by atoms with Gasteiger partial charge >= 0.3 is 6.03 Å². The first kappa shape index (κ1) is 18.0. The number of aryl methyl sites for hydroxylation is 1. The summed E-state index contributed by atoms with van der Waals surface area (Å²) < 4.78 is 5.89. The first-order chi connectivity index (χ1) is 12.2. The van der Waals surface area contributed by atoms with Gasteiger partial charge < -0.3 is 19.9 Å². The third-order valence-electron chi connectivity index (χ3n) is 4.99. The number of nitrogens with zero attached hydrogens (tertiary/aromatic N) is 3. The van der Waals surface area contributed by atoms with Gasteiger partial charge in [-0.15, -0.1) is 0 Å². The second-order valence-electron chi connectivity index (χ2n) is 6.90. The van der Waals surface area contributed by atoms with Crippen LogP contribution in [0.3, 0.4) is 0 Å². The van der Waals surface area contributed by atoms with Gasteiger partial charge in [-0.2, -0.15) is 0 Å². The Bertz CT molecular complexity index is 555. The molecule has 2 aliphatic heterocycles. The van der Waals surface area contributed by atoms with E-state index in [9.17, 15) is 4.79 Å². The Kier molecular flexibility index (Phi) is 6.15. The summed E-state index contributed by atoms with van der Waals surface area (Å²) in [5, 5.41) is 2.88. The van der Waals surface area contributed by atoms with E-state index in [1.807, 2.05) is 11.8 Å². The fraction of sp³-hybridized carbons (Fsp3) is 0.632. The van der Waals surface area contributed by atoms with Gasteiger partial charge in [0.2, 0.25) is 0 Å².